The molecule has 0 aliphatic rings. The SMILES string of the molecule is CSc1cccc(NC(=O)CSc2nnc([C@H](C)NC(=O)c3cccc(C)c3)n2C)c1. The number of carbonyl (C=O) groups excluding carboxylic acids is 2. The molecule has 2 N–H and O–H groups in total. The zero-order valence-corrected chi connectivity index (χ0v) is 19.5. The predicted molar refractivity (Wildman–Crippen MR) is 126 cm³/mol. The van der Waals surface area contributed by atoms with E-state index in [4.69, 9.17) is 0 Å². The second-order valence-electron chi connectivity index (χ2n) is 7.03. The van der Waals surface area contributed by atoms with Gasteiger partial charge in [0.2, 0.25) is 5.91 Å². The number of aromatic nitrogens is 3. The molecular formula is C22H25N5O2S2. The third-order valence-electron chi connectivity index (χ3n) is 4.57. The van der Waals surface area contributed by atoms with Gasteiger partial charge in [0.1, 0.15) is 0 Å². The summed E-state index contributed by atoms with van der Waals surface area (Å²) in [7, 11) is 1.83. The van der Waals surface area contributed by atoms with Crippen molar-refractivity contribution < 1.29 is 9.59 Å². The summed E-state index contributed by atoms with van der Waals surface area (Å²) < 4.78 is 1.80. The van der Waals surface area contributed by atoms with Crippen molar-refractivity contribution in [1.29, 1.82) is 0 Å². The molecule has 0 saturated carbocycles. The molecule has 0 radical (unpaired) electrons. The quantitative estimate of drug-likeness (QED) is 0.498. The molecule has 162 valence electrons. The zero-order chi connectivity index (χ0) is 22.4. The van der Waals surface area contributed by atoms with Crippen molar-refractivity contribution in [3.63, 3.8) is 0 Å². The van der Waals surface area contributed by atoms with Gasteiger partial charge in [0, 0.05) is 23.2 Å². The van der Waals surface area contributed by atoms with E-state index in [1.165, 1.54) is 11.8 Å². The number of nitrogens with zero attached hydrogens (tertiary/aromatic N) is 3. The van der Waals surface area contributed by atoms with Gasteiger partial charge in [-0.05, 0) is 50.4 Å². The predicted octanol–water partition coefficient (Wildman–Crippen LogP) is 4.07. The Kier molecular flexibility index (Phi) is 7.75. The average molecular weight is 456 g/mol. The molecule has 0 saturated heterocycles. The number of hydrogen-bond donors (Lipinski definition) is 2. The van der Waals surface area contributed by atoms with E-state index in [9.17, 15) is 9.59 Å². The van der Waals surface area contributed by atoms with E-state index in [1.54, 1.807) is 22.4 Å². The van der Waals surface area contributed by atoms with Crippen molar-refractivity contribution in [3.05, 3.63) is 65.5 Å². The number of nitrogens with one attached hydrogen (secondary N) is 2. The van der Waals surface area contributed by atoms with E-state index >= 15 is 0 Å². The van der Waals surface area contributed by atoms with Crippen LogP contribution in [-0.2, 0) is 11.8 Å². The Morgan fingerprint density at radius 2 is 1.90 bits per heavy atom. The molecule has 1 atom stereocenters. The lowest BCUT2D eigenvalue weighted by Gasteiger charge is -2.14. The standard InChI is InChI=1S/C22H25N5O2S2/c1-14-7-5-8-16(11-14)21(29)23-15(2)20-25-26-22(27(20)3)31-13-19(28)24-17-9-6-10-18(12-17)30-4/h5-12,15H,13H2,1-4H3,(H,23,29)(H,24,28)/t15-/m0/s1. The Balaban J connectivity index is 1.57. The minimum atomic E-state index is -0.331. The van der Waals surface area contributed by atoms with E-state index in [1.807, 2.05) is 69.6 Å². The minimum Gasteiger partial charge on any atom is -0.342 e. The Morgan fingerprint density at radius 3 is 2.65 bits per heavy atom. The first kappa shape index (κ1) is 22.9. The first-order valence-corrected chi connectivity index (χ1v) is 11.9. The molecule has 7 nitrogen and oxygen atoms in total. The first-order valence-electron chi connectivity index (χ1n) is 9.71. The molecule has 9 heteroatoms. The Hall–Kier alpha value is -2.78. The molecule has 1 aromatic heterocycles. The number of aryl methyl sites for hydroxylation is 1. The molecule has 0 fully saturated rings. The molecule has 2 amide bonds. The Morgan fingerprint density at radius 1 is 1.13 bits per heavy atom. The highest BCUT2D eigenvalue weighted by Gasteiger charge is 2.19. The van der Waals surface area contributed by atoms with E-state index < -0.39 is 0 Å². The molecule has 0 aliphatic carbocycles. The van der Waals surface area contributed by atoms with E-state index in [-0.39, 0.29) is 23.6 Å². The summed E-state index contributed by atoms with van der Waals surface area (Å²) in [6.07, 6.45) is 1.99. The van der Waals surface area contributed by atoms with Gasteiger partial charge in [-0.3, -0.25) is 9.59 Å². The summed E-state index contributed by atoms with van der Waals surface area (Å²) in [6.45, 7) is 3.81. The van der Waals surface area contributed by atoms with Gasteiger partial charge in [-0.2, -0.15) is 0 Å². The number of thioether (sulfide) groups is 2. The van der Waals surface area contributed by atoms with Crippen molar-refractivity contribution in [3.8, 4) is 0 Å². The molecule has 0 aliphatic heterocycles. The van der Waals surface area contributed by atoms with Crippen molar-refractivity contribution >= 4 is 41.0 Å². The van der Waals surface area contributed by atoms with Crippen LogP contribution >= 0.6 is 23.5 Å². The fraction of sp³-hybridized carbons (Fsp3) is 0.273. The third-order valence-corrected chi connectivity index (χ3v) is 6.32. The maximum Gasteiger partial charge on any atom is 0.251 e. The van der Waals surface area contributed by atoms with Gasteiger partial charge in [0.05, 0.1) is 11.8 Å². The Bertz CT molecular complexity index is 1080. The molecule has 3 aromatic rings. The van der Waals surface area contributed by atoms with Crippen LogP contribution in [0.2, 0.25) is 0 Å². The monoisotopic (exact) mass is 455 g/mol. The topological polar surface area (TPSA) is 88.9 Å². The summed E-state index contributed by atoms with van der Waals surface area (Å²) >= 11 is 2.92. The van der Waals surface area contributed by atoms with Crippen LogP contribution in [0.5, 0.6) is 0 Å². The highest BCUT2D eigenvalue weighted by molar-refractivity contribution is 7.99. The van der Waals surface area contributed by atoms with Crippen LogP contribution in [0.4, 0.5) is 5.69 Å². The van der Waals surface area contributed by atoms with Crippen molar-refractivity contribution in [2.45, 2.75) is 29.9 Å². The van der Waals surface area contributed by atoms with Crippen LogP contribution in [0.15, 0.2) is 58.6 Å². The second kappa shape index (κ2) is 10.5. The highest BCUT2D eigenvalue weighted by atomic mass is 32.2. The molecule has 0 unspecified atom stereocenters. The third kappa shape index (κ3) is 6.11. The Labute approximate surface area is 190 Å². The number of rotatable bonds is 8. The number of hydrogen-bond acceptors (Lipinski definition) is 6. The lowest BCUT2D eigenvalue weighted by molar-refractivity contribution is -0.113. The van der Waals surface area contributed by atoms with Gasteiger partial charge in [-0.1, -0.05) is 35.5 Å². The number of benzene rings is 2. The van der Waals surface area contributed by atoms with Gasteiger partial charge in [0.25, 0.3) is 5.91 Å². The number of anilines is 1. The maximum absolute atomic E-state index is 12.5. The van der Waals surface area contributed by atoms with Gasteiger partial charge >= 0.3 is 0 Å². The van der Waals surface area contributed by atoms with Crippen LogP contribution in [-0.4, -0.2) is 38.6 Å². The summed E-state index contributed by atoms with van der Waals surface area (Å²) in [5, 5.41) is 14.8. The summed E-state index contributed by atoms with van der Waals surface area (Å²) in [5.41, 5.74) is 2.39. The maximum atomic E-state index is 12.5. The van der Waals surface area contributed by atoms with Crippen LogP contribution in [0, 0.1) is 6.92 Å². The molecule has 31 heavy (non-hydrogen) atoms. The second-order valence-corrected chi connectivity index (χ2v) is 8.86. The van der Waals surface area contributed by atoms with Crippen molar-refractivity contribution in [2.24, 2.45) is 7.05 Å². The molecule has 0 spiro atoms. The summed E-state index contributed by atoms with van der Waals surface area (Å²) in [6, 6.07) is 14.8. The summed E-state index contributed by atoms with van der Waals surface area (Å²) in [4.78, 5) is 25.9. The smallest absolute Gasteiger partial charge is 0.251 e. The van der Waals surface area contributed by atoms with Gasteiger partial charge in [-0.15, -0.1) is 22.0 Å². The number of carbonyl (C=O) groups is 2. The molecule has 2 aromatic carbocycles. The first-order chi connectivity index (χ1) is 14.9. The highest BCUT2D eigenvalue weighted by Crippen LogP contribution is 2.21. The van der Waals surface area contributed by atoms with Crippen molar-refractivity contribution in [2.75, 3.05) is 17.3 Å². The molecule has 3 rings (SSSR count). The summed E-state index contributed by atoms with van der Waals surface area (Å²) in [5.74, 6) is 0.546. The lowest BCUT2D eigenvalue weighted by Crippen LogP contribution is -2.28. The van der Waals surface area contributed by atoms with Crippen LogP contribution in [0.25, 0.3) is 0 Å². The molecular weight excluding hydrogens is 430 g/mol. The van der Waals surface area contributed by atoms with E-state index in [0.29, 0.717) is 16.5 Å². The van der Waals surface area contributed by atoms with E-state index in [0.717, 1.165) is 16.1 Å². The average Bonchev–Trinajstić information content (AvgIpc) is 3.12. The molecule has 0 bridgehead atoms. The zero-order valence-electron chi connectivity index (χ0n) is 17.9. The van der Waals surface area contributed by atoms with Gasteiger partial charge in [0.15, 0.2) is 11.0 Å². The van der Waals surface area contributed by atoms with Crippen molar-refractivity contribution in [1.82, 2.24) is 20.1 Å². The minimum absolute atomic E-state index is 0.117. The van der Waals surface area contributed by atoms with Gasteiger partial charge in [-0.25, -0.2) is 0 Å². The van der Waals surface area contributed by atoms with Crippen LogP contribution < -0.4 is 10.6 Å². The fourth-order valence-corrected chi connectivity index (χ4v) is 4.17. The van der Waals surface area contributed by atoms with E-state index in [2.05, 4.69) is 20.8 Å². The van der Waals surface area contributed by atoms with Gasteiger partial charge < -0.3 is 15.2 Å². The largest absolute Gasteiger partial charge is 0.342 e. The lowest BCUT2D eigenvalue weighted by atomic mass is 10.1. The van der Waals surface area contributed by atoms with Crippen LogP contribution in [0.1, 0.15) is 34.7 Å². The van der Waals surface area contributed by atoms with Crippen LogP contribution in [0.3, 0.4) is 0 Å². The normalized spacial score (nSPS) is 11.7. The fourth-order valence-electron chi connectivity index (χ4n) is 2.99. The number of amides is 2. The molecule has 1 heterocycles.